The van der Waals surface area contributed by atoms with Crippen LogP contribution in [0.5, 0.6) is 0 Å². The van der Waals surface area contributed by atoms with Gasteiger partial charge in [-0.2, -0.15) is 0 Å². The van der Waals surface area contributed by atoms with E-state index < -0.39 is 0 Å². The van der Waals surface area contributed by atoms with Crippen molar-refractivity contribution in [3.63, 3.8) is 0 Å². The van der Waals surface area contributed by atoms with Crippen LogP contribution < -0.4 is 0 Å². The molecule has 0 N–H and O–H groups in total. The van der Waals surface area contributed by atoms with Crippen LogP contribution in [0.1, 0.15) is 61.8 Å². The molecule has 0 radical (unpaired) electrons. The first-order chi connectivity index (χ1) is 8.09. The smallest absolute Gasteiger partial charge is 0.00272 e. The summed E-state index contributed by atoms with van der Waals surface area (Å²) in [4.78, 5) is 0. The maximum Gasteiger partial charge on any atom is 0.00272 e. The summed E-state index contributed by atoms with van der Waals surface area (Å²) in [5.41, 5.74) is 6.75. The maximum atomic E-state index is 2.50. The van der Waals surface area contributed by atoms with E-state index >= 15 is 0 Å². The number of benzene rings is 1. The van der Waals surface area contributed by atoms with E-state index in [-0.39, 0.29) is 0 Å². The molecule has 17 heavy (non-hydrogen) atoms. The van der Waals surface area contributed by atoms with Crippen LogP contribution in [0, 0.1) is 5.41 Å². The fraction of sp³-hybridized carbons (Fsp3) is 0.529. The molecule has 0 nitrogen and oxygen atoms in total. The fourth-order valence-corrected chi connectivity index (χ4v) is 3.50. The van der Waals surface area contributed by atoms with E-state index in [0.717, 1.165) is 0 Å². The van der Waals surface area contributed by atoms with Crippen LogP contribution in [0.3, 0.4) is 0 Å². The fourth-order valence-electron chi connectivity index (χ4n) is 3.50. The second-order valence-corrected chi connectivity index (χ2v) is 6.52. The Morgan fingerprint density at radius 3 is 2.59 bits per heavy atom. The van der Waals surface area contributed by atoms with Gasteiger partial charge >= 0.3 is 0 Å². The summed E-state index contributed by atoms with van der Waals surface area (Å²) >= 11 is 0. The first-order valence-corrected chi connectivity index (χ1v) is 6.93. The zero-order chi connectivity index (χ0) is 12.0. The van der Waals surface area contributed by atoms with Gasteiger partial charge in [-0.25, -0.2) is 0 Å². The van der Waals surface area contributed by atoms with Gasteiger partial charge in [0.15, 0.2) is 0 Å². The summed E-state index contributed by atoms with van der Waals surface area (Å²) in [6, 6.07) is 4.95. The van der Waals surface area contributed by atoms with Crippen LogP contribution in [-0.2, 0) is 12.8 Å². The van der Waals surface area contributed by atoms with Crippen LogP contribution in [-0.4, -0.2) is 0 Å². The molecule has 2 aliphatic rings. The third kappa shape index (κ3) is 1.84. The topological polar surface area (TPSA) is 0 Å². The number of fused-ring (bicyclic) bond motifs is 2. The lowest BCUT2D eigenvalue weighted by atomic mass is 9.90. The average molecular weight is 226 g/mol. The SMILES string of the molecule is CCCC1C=Cc2cc3c(cc21)CC(C)(C)C3. The number of allylic oxidation sites excluding steroid dienone is 1. The molecule has 0 aromatic heterocycles. The van der Waals surface area contributed by atoms with Crippen LogP contribution in [0.25, 0.3) is 6.08 Å². The molecule has 0 heteroatoms. The first kappa shape index (κ1) is 11.1. The van der Waals surface area contributed by atoms with Crippen LogP contribution in [0.4, 0.5) is 0 Å². The van der Waals surface area contributed by atoms with Crippen molar-refractivity contribution in [1.29, 1.82) is 0 Å². The molecule has 0 fully saturated rings. The van der Waals surface area contributed by atoms with Gasteiger partial charge in [-0.1, -0.05) is 51.5 Å². The highest BCUT2D eigenvalue weighted by atomic mass is 14.3. The molecule has 0 heterocycles. The van der Waals surface area contributed by atoms with Crippen molar-refractivity contribution in [3.8, 4) is 0 Å². The molecule has 0 saturated heterocycles. The normalized spacial score (nSPS) is 23.8. The Kier molecular flexibility index (Phi) is 2.43. The van der Waals surface area contributed by atoms with Gasteiger partial charge in [0.05, 0.1) is 0 Å². The van der Waals surface area contributed by atoms with E-state index in [9.17, 15) is 0 Å². The molecular formula is C17H22. The lowest BCUT2D eigenvalue weighted by molar-refractivity contribution is 0.392. The largest absolute Gasteiger partial charge is 0.0764 e. The van der Waals surface area contributed by atoms with Crippen molar-refractivity contribution in [2.75, 3.05) is 0 Å². The number of hydrogen-bond donors (Lipinski definition) is 0. The summed E-state index contributed by atoms with van der Waals surface area (Å²) < 4.78 is 0. The second kappa shape index (κ2) is 3.73. The lowest BCUT2D eigenvalue weighted by Crippen LogP contribution is -2.09. The van der Waals surface area contributed by atoms with Gasteiger partial charge in [0, 0.05) is 5.92 Å². The molecule has 2 aliphatic carbocycles. The van der Waals surface area contributed by atoms with Crippen molar-refractivity contribution in [1.82, 2.24) is 0 Å². The highest BCUT2D eigenvalue weighted by molar-refractivity contribution is 5.65. The second-order valence-electron chi connectivity index (χ2n) is 6.52. The Bertz CT molecular complexity index is 477. The third-order valence-corrected chi connectivity index (χ3v) is 4.25. The van der Waals surface area contributed by atoms with E-state index in [1.807, 2.05) is 0 Å². The zero-order valence-electron chi connectivity index (χ0n) is 11.2. The minimum atomic E-state index is 0.474. The Morgan fingerprint density at radius 1 is 1.18 bits per heavy atom. The number of rotatable bonds is 2. The molecule has 0 aliphatic heterocycles. The molecule has 3 rings (SSSR count). The standard InChI is InChI=1S/C17H22/c1-4-5-12-6-7-13-8-14-10-17(2,3)11-15(14)9-16(12)13/h6-9,12H,4-5,10-11H2,1-3H3. The Hall–Kier alpha value is -1.04. The van der Waals surface area contributed by atoms with Gasteiger partial charge in [-0.05, 0) is 46.9 Å². The summed E-state index contributed by atoms with van der Waals surface area (Å²) in [7, 11) is 0. The molecular weight excluding hydrogens is 204 g/mol. The van der Waals surface area contributed by atoms with E-state index in [1.54, 1.807) is 16.7 Å². The minimum absolute atomic E-state index is 0.474. The summed E-state index contributed by atoms with van der Waals surface area (Å²) in [6.45, 7) is 7.05. The highest BCUT2D eigenvalue weighted by Crippen LogP contribution is 2.41. The van der Waals surface area contributed by atoms with Crippen molar-refractivity contribution < 1.29 is 0 Å². The molecule has 1 aromatic carbocycles. The molecule has 1 unspecified atom stereocenters. The van der Waals surface area contributed by atoms with Gasteiger partial charge in [-0.3, -0.25) is 0 Å². The van der Waals surface area contributed by atoms with Gasteiger partial charge in [0.1, 0.15) is 0 Å². The van der Waals surface area contributed by atoms with E-state index in [2.05, 4.69) is 45.1 Å². The third-order valence-electron chi connectivity index (χ3n) is 4.25. The summed E-state index contributed by atoms with van der Waals surface area (Å²) in [5, 5.41) is 0. The molecule has 90 valence electrons. The Balaban J connectivity index is 1.99. The van der Waals surface area contributed by atoms with Crippen molar-refractivity contribution >= 4 is 6.08 Å². The Labute approximate surface area is 105 Å². The number of hydrogen-bond acceptors (Lipinski definition) is 0. The molecule has 0 saturated carbocycles. The molecule has 0 spiro atoms. The molecule has 1 aromatic rings. The lowest BCUT2D eigenvalue weighted by Gasteiger charge is -2.14. The predicted molar refractivity (Wildman–Crippen MR) is 74.3 cm³/mol. The summed E-state index contributed by atoms with van der Waals surface area (Å²) in [6.07, 6.45) is 9.81. The van der Waals surface area contributed by atoms with Crippen molar-refractivity contribution in [2.45, 2.75) is 52.4 Å². The van der Waals surface area contributed by atoms with Gasteiger partial charge in [0.2, 0.25) is 0 Å². The van der Waals surface area contributed by atoms with E-state index in [0.29, 0.717) is 11.3 Å². The van der Waals surface area contributed by atoms with Crippen LogP contribution in [0.2, 0.25) is 0 Å². The molecule has 1 atom stereocenters. The highest BCUT2D eigenvalue weighted by Gasteiger charge is 2.30. The Morgan fingerprint density at radius 2 is 1.88 bits per heavy atom. The molecule has 0 amide bonds. The van der Waals surface area contributed by atoms with E-state index in [1.165, 1.54) is 31.2 Å². The zero-order valence-corrected chi connectivity index (χ0v) is 11.2. The van der Waals surface area contributed by atoms with E-state index in [4.69, 9.17) is 0 Å². The average Bonchev–Trinajstić information content (AvgIpc) is 2.74. The minimum Gasteiger partial charge on any atom is -0.0764 e. The van der Waals surface area contributed by atoms with Gasteiger partial charge < -0.3 is 0 Å². The van der Waals surface area contributed by atoms with Gasteiger partial charge in [-0.15, -0.1) is 0 Å². The van der Waals surface area contributed by atoms with Crippen LogP contribution in [0.15, 0.2) is 18.2 Å². The monoisotopic (exact) mass is 226 g/mol. The van der Waals surface area contributed by atoms with Gasteiger partial charge in [0.25, 0.3) is 0 Å². The van der Waals surface area contributed by atoms with Crippen molar-refractivity contribution in [2.24, 2.45) is 5.41 Å². The van der Waals surface area contributed by atoms with Crippen LogP contribution >= 0.6 is 0 Å². The van der Waals surface area contributed by atoms with Crippen molar-refractivity contribution in [3.05, 3.63) is 40.5 Å². The quantitative estimate of drug-likeness (QED) is 0.684. The predicted octanol–water partition coefficient (Wildman–Crippen LogP) is 4.72. The first-order valence-electron chi connectivity index (χ1n) is 6.93. The summed E-state index contributed by atoms with van der Waals surface area (Å²) in [5.74, 6) is 0.684. The molecule has 0 bridgehead atoms. The maximum absolute atomic E-state index is 2.50.